The third-order valence-electron chi connectivity index (χ3n) is 5.09. The molecule has 0 aliphatic carbocycles. The summed E-state index contributed by atoms with van der Waals surface area (Å²) >= 11 is 0. The summed E-state index contributed by atoms with van der Waals surface area (Å²) in [5.74, 6) is 0. The molecule has 0 radical (unpaired) electrons. The van der Waals surface area contributed by atoms with Gasteiger partial charge in [-0.1, -0.05) is 42.5 Å². The number of rotatable bonds is 7. The van der Waals surface area contributed by atoms with Crippen LogP contribution in [0, 0.1) is 0 Å². The summed E-state index contributed by atoms with van der Waals surface area (Å²) in [7, 11) is 4.19. The molecule has 2 heterocycles. The number of anilines is 1. The molecular formula is C25H26N4. The van der Waals surface area contributed by atoms with Crippen molar-refractivity contribution in [3.63, 3.8) is 0 Å². The summed E-state index contributed by atoms with van der Waals surface area (Å²) in [6.07, 6.45) is 3.71. The first-order valence-corrected chi connectivity index (χ1v) is 9.91. The first-order chi connectivity index (χ1) is 14.2. The molecule has 0 unspecified atom stereocenters. The lowest BCUT2D eigenvalue weighted by Gasteiger charge is -2.24. The van der Waals surface area contributed by atoms with E-state index >= 15 is 0 Å². The van der Waals surface area contributed by atoms with Gasteiger partial charge in [0.05, 0.1) is 11.4 Å². The Kier molecular flexibility index (Phi) is 5.82. The van der Waals surface area contributed by atoms with Gasteiger partial charge in [-0.2, -0.15) is 0 Å². The van der Waals surface area contributed by atoms with E-state index in [-0.39, 0.29) is 0 Å². The molecule has 0 aliphatic rings. The van der Waals surface area contributed by atoms with Crippen LogP contribution in [0.1, 0.15) is 17.0 Å². The average molecular weight is 383 g/mol. The third kappa shape index (κ3) is 4.61. The Morgan fingerprint density at radius 1 is 0.621 bits per heavy atom. The van der Waals surface area contributed by atoms with Crippen LogP contribution in [-0.4, -0.2) is 29.0 Å². The predicted molar refractivity (Wildman–Crippen MR) is 120 cm³/mol. The van der Waals surface area contributed by atoms with Crippen molar-refractivity contribution in [2.75, 3.05) is 19.0 Å². The molecule has 4 rings (SSSR count). The van der Waals surface area contributed by atoms with E-state index < -0.39 is 0 Å². The zero-order valence-electron chi connectivity index (χ0n) is 17.0. The summed E-state index contributed by atoms with van der Waals surface area (Å²) < 4.78 is 0. The lowest BCUT2D eigenvalue weighted by Crippen LogP contribution is -2.23. The van der Waals surface area contributed by atoms with Crippen molar-refractivity contribution >= 4 is 16.5 Å². The fourth-order valence-corrected chi connectivity index (χ4v) is 3.72. The monoisotopic (exact) mass is 382 g/mol. The summed E-state index contributed by atoms with van der Waals surface area (Å²) in [4.78, 5) is 13.6. The van der Waals surface area contributed by atoms with E-state index in [1.807, 2.05) is 36.7 Å². The summed E-state index contributed by atoms with van der Waals surface area (Å²) in [6, 6.07) is 25.3. The van der Waals surface area contributed by atoms with E-state index in [0.717, 1.165) is 31.0 Å². The minimum atomic E-state index is 0.779. The average Bonchev–Trinajstić information content (AvgIpc) is 2.75. The summed E-state index contributed by atoms with van der Waals surface area (Å²) in [6.45, 7) is 2.39. The predicted octanol–water partition coefficient (Wildman–Crippen LogP) is 4.90. The zero-order chi connectivity index (χ0) is 20.1. The number of benzene rings is 2. The molecule has 0 fully saturated rings. The van der Waals surface area contributed by atoms with Crippen molar-refractivity contribution in [1.82, 2.24) is 14.9 Å². The van der Waals surface area contributed by atoms with E-state index in [1.54, 1.807) is 0 Å². The Morgan fingerprint density at radius 2 is 1.21 bits per heavy atom. The second-order valence-corrected chi connectivity index (χ2v) is 7.47. The van der Waals surface area contributed by atoms with Crippen LogP contribution in [0.2, 0.25) is 0 Å². The number of fused-ring (bicyclic) bond motifs is 1. The topological polar surface area (TPSA) is 32.3 Å². The summed E-state index contributed by atoms with van der Waals surface area (Å²) in [5, 5.41) is 2.58. The molecular weight excluding hydrogens is 356 g/mol. The minimum absolute atomic E-state index is 0.779. The molecule has 0 saturated heterocycles. The first-order valence-electron chi connectivity index (χ1n) is 9.91. The number of aromatic nitrogens is 2. The number of nitrogens with zero attached hydrogens (tertiary/aromatic N) is 4. The maximum absolute atomic E-state index is 4.53. The van der Waals surface area contributed by atoms with E-state index in [4.69, 9.17) is 0 Å². The smallest absolute Gasteiger partial charge is 0.0544 e. The molecule has 4 aromatic rings. The van der Waals surface area contributed by atoms with Crippen LogP contribution in [-0.2, 0) is 19.6 Å². The molecule has 0 atom stereocenters. The van der Waals surface area contributed by atoms with Crippen LogP contribution in [0.5, 0.6) is 0 Å². The van der Waals surface area contributed by atoms with E-state index in [1.165, 1.54) is 22.0 Å². The molecule has 2 aromatic heterocycles. The van der Waals surface area contributed by atoms with Gasteiger partial charge in [0.15, 0.2) is 0 Å². The SMILES string of the molecule is CN(C)c1ccc(CN(Cc2ccccn2)Cc2ccccn2)c2ccccc12. The van der Waals surface area contributed by atoms with Gasteiger partial charge < -0.3 is 4.90 Å². The fourth-order valence-electron chi connectivity index (χ4n) is 3.72. The Balaban J connectivity index is 1.67. The first kappa shape index (κ1) is 19.1. The molecule has 2 aromatic carbocycles. The van der Waals surface area contributed by atoms with Crippen LogP contribution in [0.3, 0.4) is 0 Å². The van der Waals surface area contributed by atoms with Crippen molar-refractivity contribution in [2.24, 2.45) is 0 Å². The second-order valence-electron chi connectivity index (χ2n) is 7.47. The highest BCUT2D eigenvalue weighted by atomic mass is 15.1. The van der Waals surface area contributed by atoms with Crippen molar-refractivity contribution in [3.8, 4) is 0 Å². The minimum Gasteiger partial charge on any atom is -0.377 e. The Morgan fingerprint density at radius 3 is 1.76 bits per heavy atom. The zero-order valence-corrected chi connectivity index (χ0v) is 17.0. The van der Waals surface area contributed by atoms with Gasteiger partial charge in [-0.25, -0.2) is 0 Å². The van der Waals surface area contributed by atoms with Crippen molar-refractivity contribution < 1.29 is 0 Å². The molecule has 0 saturated carbocycles. The Labute approximate surface area is 172 Å². The van der Waals surface area contributed by atoms with Crippen LogP contribution < -0.4 is 4.90 Å². The van der Waals surface area contributed by atoms with E-state index in [2.05, 4.69) is 82.4 Å². The van der Waals surface area contributed by atoms with Gasteiger partial charge in [-0.05, 0) is 41.3 Å². The standard InChI is InChI=1S/C25H26N4/c1-28(2)25-14-13-20(23-11-3-4-12-24(23)25)17-29(18-21-9-5-7-15-26-21)19-22-10-6-8-16-27-22/h3-16H,17-19H2,1-2H3. The quantitative estimate of drug-likeness (QED) is 0.455. The van der Waals surface area contributed by atoms with Crippen molar-refractivity contribution in [3.05, 3.63) is 102 Å². The van der Waals surface area contributed by atoms with Gasteiger partial charge in [0.1, 0.15) is 0 Å². The van der Waals surface area contributed by atoms with Crippen molar-refractivity contribution in [2.45, 2.75) is 19.6 Å². The summed E-state index contributed by atoms with van der Waals surface area (Å²) in [5.41, 5.74) is 4.69. The molecule has 4 nitrogen and oxygen atoms in total. The highest BCUT2D eigenvalue weighted by Gasteiger charge is 2.13. The molecule has 29 heavy (non-hydrogen) atoms. The highest BCUT2D eigenvalue weighted by Crippen LogP contribution is 2.29. The van der Waals surface area contributed by atoms with Crippen LogP contribution >= 0.6 is 0 Å². The van der Waals surface area contributed by atoms with E-state index in [9.17, 15) is 0 Å². The maximum Gasteiger partial charge on any atom is 0.0544 e. The number of hydrogen-bond acceptors (Lipinski definition) is 4. The van der Waals surface area contributed by atoms with Crippen LogP contribution in [0.4, 0.5) is 5.69 Å². The van der Waals surface area contributed by atoms with Gasteiger partial charge in [0, 0.05) is 57.2 Å². The molecule has 146 valence electrons. The van der Waals surface area contributed by atoms with Crippen molar-refractivity contribution in [1.29, 1.82) is 0 Å². The van der Waals surface area contributed by atoms with Crippen LogP contribution in [0.25, 0.3) is 10.8 Å². The van der Waals surface area contributed by atoms with Gasteiger partial charge in [0.2, 0.25) is 0 Å². The van der Waals surface area contributed by atoms with Gasteiger partial charge >= 0.3 is 0 Å². The largest absolute Gasteiger partial charge is 0.377 e. The lowest BCUT2D eigenvalue weighted by atomic mass is 10.0. The van der Waals surface area contributed by atoms with E-state index in [0.29, 0.717) is 0 Å². The van der Waals surface area contributed by atoms with Gasteiger partial charge in [-0.15, -0.1) is 0 Å². The third-order valence-corrected chi connectivity index (χ3v) is 5.09. The highest BCUT2D eigenvalue weighted by molar-refractivity contribution is 5.96. The van der Waals surface area contributed by atoms with Crippen LogP contribution in [0.15, 0.2) is 85.2 Å². The Bertz CT molecular complexity index is 1020. The Hall–Kier alpha value is -3.24. The molecule has 0 N–H and O–H groups in total. The molecule has 4 heteroatoms. The fraction of sp³-hybridized carbons (Fsp3) is 0.200. The molecule has 0 amide bonds. The maximum atomic E-state index is 4.53. The molecule has 0 aliphatic heterocycles. The number of hydrogen-bond donors (Lipinski definition) is 0. The molecule has 0 bridgehead atoms. The van der Waals surface area contributed by atoms with Gasteiger partial charge in [-0.3, -0.25) is 14.9 Å². The lowest BCUT2D eigenvalue weighted by molar-refractivity contribution is 0.242. The molecule has 0 spiro atoms. The normalized spacial score (nSPS) is 11.1. The second kappa shape index (κ2) is 8.84. The number of pyridine rings is 2. The van der Waals surface area contributed by atoms with Gasteiger partial charge in [0.25, 0.3) is 0 Å².